The monoisotopic (exact) mass is 251 g/mol. The van der Waals surface area contributed by atoms with Gasteiger partial charge in [0.15, 0.2) is 0 Å². The van der Waals surface area contributed by atoms with Gasteiger partial charge in [-0.05, 0) is 65.7 Å². The van der Waals surface area contributed by atoms with Gasteiger partial charge in [-0.3, -0.25) is 4.98 Å². The van der Waals surface area contributed by atoms with Crippen LogP contribution in [0.3, 0.4) is 0 Å². The maximum atomic E-state index is 5.60. The number of hydrogen-bond donors (Lipinski definition) is 2. The lowest BCUT2D eigenvalue weighted by molar-refractivity contribution is 0.830. The van der Waals surface area contributed by atoms with Gasteiger partial charge >= 0.3 is 0 Å². The van der Waals surface area contributed by atoms with Crippen molar-refractivity contribution in [2.45, 2.75) is 12.8 Å². The van der Waals surface area contributed by atoms with Crippen LogP contribution in [0, 0.1) is 0 Å². The Morgan fingerprint density at radius 2 is 2.11 bits per heavy atom. The molecule has 96 valence electrons. The molecule has 0 bridgehead atoms. The Labute approximate surface area is 112 Å². The second-order valence-electron chi connectivity index (χ2n) is 4.70. The lowest BCUT2D eigenvalue weighted by Crippen LogP contribution is -2.01. The summed E-state index contributed by atoms with van der Waals surface area (Å²) in [5, 5.41) is 1.24. The maximum Gasteiger partial charge on any atom is 0.0454 e. The zero-order valence-corrected chi connectivity index (χ0v) is 10.8. The number of nitrogens with one attached hydrogen (secondary N) is 1. The van der Waals surface area contributed by atoms with E-state index in [0.717, 1.165) is 12.8 Å². The zero-order valence-electron chi connectivity index (χ0n) is 10.8. The van der Waals surface area contributed by atoms with Crippen molar-refractivity contribution in [1.29, 1.82) is 0 Å². The van der Waals surface area contributed by atoms with Crippen LogP contribution >= 0.6 is 0 Å². The van der Waals surface area contributed by atoms with E-state index in [1.807, 2.05) is 18.6 Å². The molecule has 0 amide bonds. The maximum absolute atomic E-state index is 5.60. The highest BCUT2D eigenvalue weighted by Gasteiger charge is 2.06. The number of aromatic nitrogens is 2. The normalized spacial score (nSPS) is 11.0. The smallest absolute Gasteiger partial charge is 0.0454 e. The van der Waals surface area contributed by atoms with Crippen LogP contribution in [0.5, 0.6) is 0 Å². The number of H-pyrrole nitrogens is 1. The molecule has 0 spiro atoms. The van der Waals surface area contributed by atoms with Crippen LogP contribution in [0.2, 0.25) is 0 Å². The standard InChI is InChI=1S/C16H17N3/c17-7-1-2-14-11-18-8-6-15(14)12-3-4-16-13(10-12)5-9-19-16/h3-6,8-11,19H,1-2,7,17H2. The molecule has 1 aromatic carbocycles. The SMILES string of the molecule is NCCCc1cnccc1-c1ccc2[nH]ccc2c1. The molecule has 3 heteroatoms. The lowest BCUT2D eigenvalue weighted by Gasteiger charge is -2.09. The molecule has 3 rings (SSSR count). The molecular weight excluding hydrogens is 234 g/mol. The van der Waals surface area contributed by atoms with Crippen LogP contribution in [0.4, 0.5) is 0 Å². The summed E-state index contributed by atoms with van der Waals surface area (Å²) in [4.78, 5) is 7.45. The van der Waals surface area contributed by atoms with Gasteiger partial charge in [0.05, 0.1) is 0 Å². The highest BCUT2D eigenvalue weighted by atomic mass is 14.7. The summed E-state index contributed by atoms with van der Waals surface area (Å²) < 4.78 is 0. The van der Waals surface area contributed by atoms with Gasteiger partial charge in [-0.15, -0.1) is 0 Å². The molecule has 0 atom stereocenters. The number of aromatic amines is 1. The van der Waals surface area contributed by atoms with E-state index < -0.39 is 0 Å². The van der Waals surface area contributed by atoms with E-state index in [9.17, 15) is 0 Å². The first-order chi connectivity index (χ1) is 9.38. The lowest BCUT2D eigenvalue weighted by atomic mass is 9.98. The minimum Gasteiger partial charge on any atom is -0.361 e. The Morgan fingerprint density at radius 3 is 3.00 bits per heavy atom. The molecule has 3 N–H and O–H groups in total. The van der Waals surface area contributed by atoms with Crippen molar-refractivity contribution < 1.29 is 0 Å². The summed E-state index contributed by atoms with van der Waals surface area (Å²) in [6.45, 7) is 0.713. The van der Waals surface area contributed by atoms with Crippen LogP contribution in [0.1, 0.15) is 12.0 Å². The molecule has 0 aliphatic carbocycles. The third kappa shape index (κ3) is 2.37. The number of aryl methyl sites for hydroxylation is 1. The summed E-state index contributed by atoms with van der Waals surface area (Å²) in [7, 11) is 0. The van der Waals surface area contributed by atoms with Crippen molar-refractivity contribution in [3.05, 3.63) is 54.5 Å². The molecule has 2 heterocycles. The van der Waals surface area contributed by atoms with Crippen molar-refractivity contribution in [3.63, 3.8) is 0 Å². The van der Waals surface area contributed by atoms with Crippen LogP contribution in [-0.2, 0) is 6.42 Å². The molecule has 0 radical (unpaired) electrons. The first kappa shape index (κ1) is 11.9. The van der Waals surface area contributed by atoms with Gasteiger partial charge in [0.25, 0.3) is 0 Å². The van der Waals surface area contributed by atoms with Gasteiger partial charge in [0.2, 0.25) is 0 Å². The van der Waals surface area contributed by atoms with E-state index in [0.29, 0.717) is 6.54 Å². The van der Waals surface area contributed by atoms with Gasteiger partial charge in [0, 0.05) is 24.1 Å². The molecule has 0 saturated heterocycles. The zero-order chi connectivity index (χ0) is 13.1. The topological polar surface area (TPSA) is 54.7 Å². The van der Waals surface area contributed by atoms with Crippen molar-refractivity contribution in [2.24, 2.45) is 5.73 Å². The van der Waals surface area contributed by atoms with Crippen molar-refractivity contribution in [1.82, 2.24) is 9.97 Å². The highest BCUT2D eigenvalue weighted by Crippen LogP contribution is 2.27. The third-order valence-corrected chi connectivity index (χ3v) is 3.42. The highest BCUT2D eigenvalue weighted by molar-refractivity contribution is 5.85. The van der Waals surface area contributed by atoms with E-state index in [4.69, 9.17) is 5.73 Å². The van der Waals surface area contributed by atoms with Crippen molar-refractivity contribution >= 4 is 10.9 Å². The van der Waals surface area contributed by atoms with E-state index >= 15 is 0 Å². The Morgan fingerprint density at radius 1 is 1.16 bits per heavy atom. The van der Waals surface area contributed by atoms with Gasteiger partial charge in [-0.1, -0.05) is 6.07 Å². The molecule has 0 fully saturated rings. The summed E-state index contributed by atoms with van der Waals surface area (Å²) >= 11 is 0. The summed E-state index contributed by atoms with van der Waals surface area (Å²) in [6.07, 6.45) is 7.74. The Kier molecular flexibility index (Phi) is 3.29. The first-order valence-electron chi connectivity index (χ1n) is 6.59. The summed E-state index contributed by atoms with van der Waals surface area (Å²) in [5.41, 5.74) is 10.5. The van der Waals surface area contributed by atoms with Gasteiger partial charge in [-0.25, -0.2) is 0 Å². The number of rotatable bonds is 4. The Hall–Kier alpha value is -2.13. The van der Waals surface area contributed by atoms with E-state index in [1.165, 1.54) is 27.6 Å². The van der Waals surface area contributed by atoms with E-state index in [2.05, 4.69) is 40.3 Å². The van der Waals surface area contributed by atoms with Crippen LogP contribution in [-0.4, -0.2) is 16.5 Å². The predicted molar refractivity (Wildman–Crippen MR) is 78.9 cm³/mol. The number of fused-ring (bicyclic) bond motifs is 1. The molecule has 0 saturated carbocycles. The Balaban J connectivity index is 2.04. The summed E-state index contributed by atoms with van der Waals surface area (Å²) in [6, 6.07) is 10.7. The fourth-order valence-electron chi connectivity index (χ4n) is 2.42. The largest absolute Gasteiger partial charge is 0.361 e. The second-order valence-corrected chi connectivity index (χ2v) is 4.70. The second kappa shape index (κ2) is 5.24. The van der Waals surface area contributed by atoms with Gasteiger partial charge in [-0.2, -0.15) is 0 Å². The van der Waals surface area contributed by atoms with Gasteiger partial charge in [0.1, 0.15) is 0 Å². The average Bonchev–Trinajstić information content (AvgIpc) is 2.92. The van der Waals surface area contributed by atoms with Crippen molar-refractivity contribution in [2.75, 3.05) is 6.54 Å². The van der Waals surface area contributed by atoms with Crippen molar-refractivity contribution in [3.8, 4) is 11.1 Å². The summed E-state index contributed by atoms with van der Waals surface area (Å²) in [5.74, 6) is 0. The van der Waals surface area contributed by atoms with E-state index in [1.54, 1.807) is 0 Å². The fourth-order valence-corrected chi connectivity index (χ4v) is 2.42. The minimum absolute atomic E-state index is 0.713. The molecule has 0 aliphatic heterocycles. The quantitative estimate of drug-likeness (QED) is 0.748. The first-order valence-corrected chi connectivity index (χ1v) is 6.59. The molecule has 0 unspecified atom stereocenters. The molecule has 0 aliphatic rings. The number of nitrogens with zero attached hydrogens (tertiary/aromatic N) is 1. The molecule has 3 aromatic rings. The minimum atomic E-state index is 0.713. The molecule has 19 heavy (non-hydrogen) atoms. The molecule has 3 nitrogen and oxygen atoms in total. The van der Waals surface area contributed by atoms with Crippen LogP contribution < -0.4 is 5.73 Å². The molecule has 2 aromatic heterocycles. The van der Waals surface area contributed by atoms with E-state index in [-0.39, 0.29) is 0 Å². The predicted octanol–water partition coefficient (Wildman–Crippen LogP) is 3.12. The van der Waals surface area contributed by atoms with Gasteiger partial charge < -0.3 is 10.7 Å². The number of hydrogen-bond acceptors (Lipinski definition) is 2. The number of benzene rings is 1. The number of nitrogens with two attached hydrogens (primary N) is 1. The molecular formula is C16H17N3. The van der Waals surface area contributed by atoms with Crippen LogP contribution in [0.15, 0.2) is 48.9 Å². The number of pyridine rings is 1. The fraction of sp³-hybridized carbons (Fsp3) is 0.188. The van der Waals surface area contributed by atoms with Crippen LogP contribution in [0.25, 0.3) is 22.0 Å². The Bertz CT molecular complexity index is 685. The third-order valence-electron chi connectivity index (χ3n) is 3.42. The average molecular weight is 251 g/mol.